The molecule has 4 aromatic rings. The number of unbranched alkanes of at least 4 members (excludes halogenated alkanes) is 18. The van der Waals surface area contributed by atoms with Crippen molar-refractivity contribution in [3.05, 3.63) is 88.9 Å². The predicted molar refractivity (Wildman–Crippen MR) is 212 cm³/mol. The number of nitrogens with zero attached hydrogens (tertiary/aromatic N) is 3. The third-order valence-electron chi connectivity index (χ3n) is 9.81. The highest BCUT2D eigenvalue weighted by Crippen LogP contribution is 2.29. The Labute approximate surface area is 303 Å². The summed E-state index contributed by atoms with van der Waals surface area (Å²) in [5.41, 5.74) is 5.58. The summed E-state index contributed by atoms with van der Waals surface area (Å²) in [6, 6.07) is 25.4. The first kappa shape index (κ1) is 38.8. The van der Waals surface area contributed by atoms with Gasteiger partial charge < -0.3 is 0 Å². The molecule has 0 bridgehead atoms. The zero-order valence-electron chi connectivity index (χ0n) is 30.7. The van der Waals surface area contributed by atoms with E-state index in [0.29, 0.717) is 22.5 Å². The number of hydrogen-bond acceptors (Lipinski definition) is 3. The van der Waals surface area contributed by atoms with E-state index in [-0.39, 0.29) is 0 Å². The van der Waals surface area contributed by atoms with Gasteiger partial charge in [0.05, 0.1) is 5.02 Å². The molecule has 0 atom stereocenters. The second kappa shape index (κ2) is 23.4. The number of hydrogen-bond donors (Lipinski definition) is 0. The van der Waals surface area contributed by atoms with Crippen molar-refractivity contribution in [1.82, 2.24) is 15.0 Å². The Balaban J connectivity index is 1.33. The molecule has 0 amide bonds. The van der Waals surface area contributed by atoms with Crippen LogP contribution < -0.4 is 0 Å². The molecule has 0 aliphatic carbocycles. The maximum atomic E-state index is 6.62. The maximum absolute atomic E-state index is 6.62. The Kier molecular flexibility index (Phi) is 18.5. The van der Waals surface area contributed by atoms with Gasteiger partial charge in [-0.3, -0.25) is 0 Å². The molecule has 0 unspecified atom stereocenters. The molecule has 3 nitrogen and oxygen atoms in total. The molecule has 0 N–H and O–H groups in total. The van der Waals surface area contributed by atoms with Gasteiger partial charge in [0.1, 0.15) is 0 Å². The molecular formula is C45H62ClN3. The first-order valence-corrected chi connectivity index (χ1v) is 20.2. The van der Waals surface area contributed by atoms with Crippen molar-refractivity contribution in [2.24, 2.45) is 0 Å². The van der Waals surface area contributed by atoms with Gasteiger partial charge >= 0.3 is 0 Å². The van der Waals surface area contributed by atoms with E-state index in [1.54, 1.807) is 0 Å². The summed E-state index contributed by atoms with van der Waals surface area (Å²) >= 11 is 6.62. The van der Waals surface area contributed by atoms with E-state index < -0.39 is 0 Å². The van der Waals surface area contributed by atoms with Gasteiger partial charge in [-0.1, -0.05) is 202 Å². The Morgan fingerprint density at radius 3 is 1.12 bits per heavy atom. The minimum atomic E-state index is 0.606. The van der Waals surface area contributed by atoms with Crippen LogP contribution in [0.3, 0.4) is 0 Å². The molecule has 3 aromatic carbocycles. The smallest absolute Gasteiger partial charge is 0.165 e. The highest BCUT2D eigenvalue weighted by atomic mass is 35.5. The van der Waals surface area contributed by atoms with Crippen LogP contribution >= 0.6 is 11.6 Å². The lowest BCUT2D eigenvalue weighted by Crippen LogP contribution is -2.01. The van der Waals surface area contributed by atoms with E-state index in [9.17, 15) is 0 Å². The predicted octanol–water partition coefficient (Wildman–Crippen LogP) is 14.5. The fourth-order valence-corrected chi connectivity index (χ4v) is 6.89. The van der Waals surface area contributed by atoms with Gasteiger partial charge in [0.2, 0.25) is 0 Å². The molecule has 49 heavy (non-hydrogen) atoms. The standard InChI is InChI=1S/C45H62ClN3/c1-3-5-7-9-11-13-15-17-19-21-25-37-29-33-39(34-30-37)43-47-44(49-45(48-43)41-27-23-24-28-42(41)46)40-35-31-38(32-36-40)26-22-20-18-16-14-12-10-8-6-4-2/h23-24,27-36H,3-22,25-26H2,1-2H3. The molecule has 0 saturated carbocycles. The maximum Gasteiger partial charge on any atom is 0.165 e. The van der Waals surface area contributed by atoms with E-state index >= 15 is 0 Å². The highest BCUT2D eigenvalue weighted by Gasteiger charge is 2.14. The molecule has 0 spiro atoms. The number of rotatable bonds is 25. The van der Waals surface area contributed by atoms with Crippen molar-refractivity contribution >= 4 is 11.6 Å². The Morgan fingerprint density at radius 2 is 0.735 bits per heavy atom. The molecule has 0 fully saturated rings. The molecule has 0 radical (unpaired) electrons. The minimum absolute atomic E-state index is 0.606. The lowest BCUT2D eigenvalue weighted by Gasteiger charge is -2.10. The third-order valence-corrected chi connectivity index (χ3v) is 10.1. The van der Waals surface area contributed by atoms with Crippen molar-refractivity contribution < 1.29 is 0 Å². The van der Waals surface area contributed by atoms with E-state index in [4.69, 9.17) is 26.6 Å². The average Bonchev–Trinajstić information content (AvgIpc) is 3.13. The van der Waals surface area contributed by atoms with Gasteiger partial charge in [-0.2, -0.15) is 0 Å². The van der Waals surface area contributed by atoms with E-state index in [2.05, 4.69) is 62.4 Å². The van der Waals surface area contributed by atoms with Crippen LogP contribution in [0.15, 0.2) is 72.8 Å². The second-order valence-electron chi connectivity index (χ2n) is 14.0. The van der Waals surface area contributed by atoms with Gasteiger partial charge in [-0.15, -0.1) is 0 Å². The zero-order valence-corrected chi connectivity index (χ0v) is 31.5. The van der Waals surface area contributed by atoms with Crippen LogP contribution in [-0.4, -0.2) is 15.0 Å². The van der Waals surface area contributed by atoms with Crippen molar-refractivity contribution in [3.63, 3.8) is 0 Å². The Morgan fingerprint density at radius 1 is 0.388 bits per heavy atom. The molecule has 0 saturated heterocycles. The lowest BCUT2D eigenvalue weighted by atomic mass is 10.0. The fourth-order valence-electron chi connectivity index (χ4n) is 6.67. The number of halogens is 1. The van der Waals surface area contributed by atoms with E-state index in [1.807, 2.05) is 24.3 Å². The summed E-state index contributed by atoms with van der Waals surface area (Å²) in [4.78, 5) is 14.8. The largest absolute Gasteiger partial charge is 0.208 e. The van der Waals surface area contributed by atoms with Gasteiger partial charge in [0.15, 0.2) is 17.5 Å². The second-order valence-corrected chi connectivity index (χ2v) is 14.5. The molecule has 1 heterocycles. The van der Waals surface area contributed by atoms with Crippen LogP contribution in [0.25, 0.3) is 34.2 Å². The van der Waals surface area contributed by atoms with Crippen molar-refractivity contribution in [2.75, 3.05) is 0 Å². The summed E-state index contributed by atoms with van der Waals surface area (Å²) in [6.45, 7) is 4.57. The van der Waals surface area contributed by atoms with E-state index in [1.165, 1.54) is 140 Å². The molecule has 264 valence electrons. The summed E-state index contributed by atoms with van der Waals surface area (Å²) < 4.78 is 0. The van der Waals surface area contributed by atoms with Gasteiger partial charge in [0.25, 0.3) is 0 Å². The van der Waals surface area contributed by atoms with Crippen LogP contribution in [0.4, 0.5) is 0 Å². The number of benzene rings is 3. The van der Waals surface area contributed by atoms with Crippen LogP contribution in [0.1, 0.15) is 153 Å². The van der Waals surface area contributed by atoms with Crippen LogP contribution in [0.5, 0.6) is 0 Å². The summed E-state index contributed by atoms with van der Waals surface area (Å²) in [5.74, 6) is 1.97. The molecule has 0 aliphatic rings. The first-order chi connectivity index (χ1) is 24.2. The molecule has 4 rings (SSSR count). The van der Waals surface area contributed by atoms with Crippen molar-refractivity contribution in [3.8, 4) is 34.2 Å². The molecule has 4 heteroatoms. The number of aromatic nitrogens is 3. The van der Waals surface area contributed by atoms with E-state index in [0.717, 1.165) is 29.5 Å². The highest BCUT2D eigenvalue weighted by molar-refractivity contribution is 6.33. The first-order valence-electron chi connectivity index (χ1n) is 19.9. The molecular weight excluding hydrogens is 618 g/mol. The third kappa shape index (κ3) is 14.4. The molecule has 0 aliphatic heterocycles. The van der Waals surface area contributed by atoms with Gasteiger partial charge in [-0.25, -0.2) is 15.0 Å². The van der Waals surface area contributed by atoms with Gasteiger partial charge in [0, 0.05) is 16.7 Å². The zero-order chi connectivity index (χ0) is 34.4. The van der Waals surface area contributed by atoms with Crippen LogP contribution in [-0.2, 0) is 12.8 Å². The fraction of sp³-hybridized carbons (Fsp3) is 0.533. The SMILES string of the molecule is CCCCCCCCCCCCc1ccc(-c2nc(-c3ccc(CCCCCCCCCCCC)cc3)nc(-c3ccccc3Cl)n2)cc1. The summed E-state index contributed by atoms with van der Waals surface area (Å²) in [6.07, 6.45) is 29.5. The van der Waals surface area contributed by atoms with Gasteiger partial charge in [-0.05, 0) is 48.9 Å². The van der Waals surface area contributed by atoms with Crippen LogP contribution in [0, 0.1) is 0 Å². The van der Waals surface area contributed by atoms with Crippen molar-refractivity contribution in [2.45, 2.75) is 155 Å². The summed E-state index contributed by atoms with van der Waals surface area (Å²) in [7, 11) is 0. The lowest BCUT2D eigenvalue weighted by molar-refractivity contribution is 0.556. The Hall–Kier alpha value is -3.04. The van der Waals surface area contributed by atoms with Crippen molar-refractivity contribution in [1.29, 1.82) is 0 Å². The monoisotopic (exact) mass is 679 g/mol. The number of aryl methyl sites for hydroxylation is 2. The van der Waals surface area contributed by atoms with Crippen LogP contribution in [0.2, 0.25) is 5.02 Å². The normalized spacial score (nSPS) is 11.3. The topological polar surface area (TPSA) is 38.7 Å². The summed E-state index contributed by atoms with van der Waals surface area (Å²) in [5, 5.41) is 0.643. The minimum Gasteiger partial charge on any atom is -0.208 e. The quantitative estimate of drug-likeness (QED) is 0.0654. The average molecular weight is 680 g/mol. The Bertz CT molecular complexity index is 1360. The molecule has 1 aromatic heterocycles.